The maximum Gasteiger partial charge on any atom is 0.254 e. The highest BCUT2D eigenvalue weighted by Gasteiger charge is 2.14. The molecule has 0 saturated carbocycles. The molecule has 0 aliphatic rings. The van der Waals surface area contributed by atoms with Crippen molar-refractivity contribution in [3.63, 3.8) is 0 Å². The molecule has 3 rings (SSSR count). The Hall–Kier alpha value is -2.34. The van der Waals surface area contributed by atoms with E-state index in [4.69, 9.17) is 0 Å². The summed E-state index contributed by atoms with van der Waals surface area (Å²) in [6.45, 7) is 6.32. The van der Waals surface area contributed by atoms with E-state index in [2.05, 4.69) is 15.0 Å². The van der Waals surface area contributed by atoms with Gasteiger partial charge in [-0.25, -0.2) is 15.0 Å². The fraction of sp³-hybridized carbons (Fsp3) is 0.294. The first kappa shape index (κ1) is 15.6. The van der Waals surface area contributed by atoms with Gasteiger partial charge in [-0.2, -0.15) is 0 Å². The molecule has 0 bridgehead atoms. The van der Waals surface area contributed by atoms with Crippen LogP contribution < -0.4 is 0 Å². The Morgan fingerprint density at radius 2 is 1.78 bits per heavy atom. The molecule has 0 spiro atoms. The van der Waals surface area contributed by atoms with E-state index < -0.39 is 0 Å². The van der Waals surface area contributed by atoms with Crippen molar-refractivity contribution in [2.45, 2.75) is 27.3 Å². The summed E-state index contributed by atoms with van der Waals surface area (Å²) in [7, 11) is 1.79. The number of aryl methyl sites for hydroxylation is 3. The Labute approximate surface area is 139 Å². The predicted octanol–water partition coefficient (Wildman–Crippen LogP) is 3.28. The maximum absolute atomic E-state index is 12.6. The number of carbonyl (C=O) groups is 1. The van der Waals surface area contributed by atoms with Crippen LogP contribution in [-0.2, 0) is 6.54 Å². The van der Waals surface area contributed by atoms with Crippen LogP contribution in [0.1, 0.15) is 32.4 Å². The van der Waals surface area contributed by atoms with Crippen LogP contribution in [0, 0.1) is 20.8 Å². The van der Waals surface area contributed by atoms with Gasteiger partial charge in [0.1, 0.15) is 0 Å². The van der Waals surface area contributed by atoms with E-state index in [-0.39, 0.29) is 5.91 Å². The molecule has 1 amide bonds. The van der Waals surface area contributed by atoms with Gasteiger partial charge in [0.2, 0.25) is 0 Å². The maximum atomic E-state index is 12.6. The highest BCUT2D eigenvalue weighted by molar-refractivity contribution is 7.09. The highest BCUT2D eigenvalue weighted by Crippen LogP contribution is 2.17. The van der Waals surface area contributed by atoms with Crippen LogP contribution in [0.25, 0.3) is 11.0 Å². The number of hydrogen-bond acceptors (Lipinski definition) is 5. The third kappa shape index (κ3) is 3.22. The summed E-state index contributed by atoms with van der Waals surface area (Å²) in [6.07, 6.45) is 0. The van der Waals surface area contributed by atoms with Crippen molar-refractivity contribution in [2.24, 2.45) is 0 Å². The third-order valence-electron chi connectivity index (χ3n) is 3.73. The van der Waals surface area contributed by atoms with Crippen LogP contribution in [0.2, 0.25) is 0 Å². The van der Waals surface area contributed by atoms with E-state index in [1.165, 1.54) is 0 Å². The van der Waals surface area contributed by atoms with Crippen molar-refractivity contribution in [3.8, 4) is 0 Å². The number of fused-ring (bicyclic) bond motifs is 1. The number of carbonyl (C=O) groups excluding carboxylic acids is 1. The normalized spacial score (nSPS) is 11.0. The summed E-state index contributed by atoms with van der Waals surface area (Å²) in [4.78, 5) is 27.7. The SMILES string of the molecule is Cc1nc(CN(C)C(=O)c2ccc3nc(C)c(C)nc3c2)cs1. The van der Waals surface area contributed by atoms with E-state index in [1.807, 2.05) is 32.2 Å². The number of hydrogen-bond donors (Lipinski definition) is 0. The first-order valence-corrected chi connectivity index (χ1v) is 8.23. The second kappa shape index (κ2) is 6.04. The van der Waals surface area contributed by atoms with Crippen LogP contribution in [0.15, 0.2) is 23.6 Å². The zero-order valence-electron chi connectivity index (χ0n) is 13.6. The minimum atomic E-state index is -0.0439. The van der Waals surface area contributed by atoms with Gasteiger partial charge in [-0.3, -0.25) is 4.79 Å². The topological polar surface area (TPSA) is 59.0 Å². The molecule has 0 N–H and O–H groups in total. The molecule has 2 heterocycles. The second-order valence-corrected chi connectivity index (χ2v) is 6.68. The monoisotopic (exact) mass is 326 g/mol. The van der Waals surface area contributed by atoms with Crippen molar-refractivity contribution < 1.29 is 4.79 Å². The van der Waals surface area contributed by atoms with Crippen LogP contribution >= 0.6 is 11.3 Å². The Kier molecular flexibility index (Phi) is 4.09. The molecule has 5 nitrogen and oxygen atoms in total. The molecule has 0 unspecified atom stereocenters. The predicted molar refractivity (Wildman–Crippen MR) is 91.7 cm³/mol. The van der Waals surface area contributed by atoms with Gasteiger partial charge in [-0.15, -0.1) is 11.3 Å². The van der Waals surface area contributed by atoms with Crippen molar-refractivity contribution >= 4 is 28.3 Å². The molecular weight excluding hydrogens is 308 g/mol. The van der Waals surface area contributed by atoms with Gasteiger partial charge in [-0.05, 0) is 39.0 Å². The number of aromatic nitrogens is 3. The number of nitrogens with zero attached hydrogens (tertiary/aromatic N) is 4. The molecule has 0 saturated heterocycles. The molecule has 1 aromatic carbocycles. The first-order chi connectivity index (χ1) is 10.9. The average Bonchev–Trinajstić information content (AvgIpc) is 2.92. The van der Waals surface area contributed by atoms with Crippen LogP contribution in [0.3, 0.4) is 0 Å². The molecule has 0 radical (unpaired) electrons. The van der Waals surface area contributed by atoms with E-state index >= 15 is 0 Å². The summed E-state index contributed by atoms with van der Waals surface area (Å²) in [5.74, 6) is -0.0439. The fourth-order valence-corrected chi connectivity index (χ4v) is 2.98. The largest absolute Gasteiger partial charge is 0.336 e. The minimum Gasteiger partial charge on any atom is -0.336 e. The van der Waals surface area contributed by atoms with E-state index in [0.29, 0.717) is 12.1 Å². The zero-order chi connectivity index (χ0) is 16.6. The highest BCUT2D eigenvalue weighted by atomic mass is 32.1. The van der Waals surface area contributed by atoms with Crippen LogP contribution in [0.4, 0.5) is 0 Å². The van der Waals surface area contributed by atoms with Gasteiger partial charge in [0.05, 0.1) is 39.7 Å². The Morgan fingerprint density at radius 1 is 1.09 bits per heavy atom. The second-order valence-electron chi connectivity index (χ2n) is 5.62. The van der Waals surface area contributed by atoms with Crippen LogP contribution in [0.5, 0.6) is 0 Å². The lowest BCUT2D eigenvalue weighted by Crippen LogP contribution is -2.26. The quantitative estimate of drug-likeness (QED) is 0.741. The number of thiazole rings is 1. The standard InChI is InChI=1S/C17H18N4OS/c1-10-11(2)19-16-7-13(5-6-15(16)18-10)17(22)21(4)8-14-9-23-12(3)20-14/h5-7,9H,8H2,1-4H3. The smallest absolute Gasteiger partial charge is 0.254 e. The zero-order valence-corrected chi connectivity index (χ0v) is 14.4. The van der Waals surface area contributed by atoms with Crippen molar-refractivity contribution in [1.29, 1.82) is 0 Å². The van der Waals surface area contributed by atoms with E-state index in [1.54, 1.807) is 35.4 Å². The van der Waals surface area contributed by atoms with Gasteiger partial charge in [-0.1, -0.05) is 0 Å². The number of amides is 1. The van der Waals surface area contributed by atoms with Gasteiger partial charge >= 0.3 is 0 Å². The summed E-state index contributed by atoms with van der Waals surface area (Å²) < 4.78 is 0. The molecule has 6 heteroatoms. The third-order valence-corrected chi connectivity index (χ3v) is 4.56. The molecule has 23 heavy (non-hydrogen) atoms. The lowest BCUT2D eigenvalue weighted by Gasteiger charge is -2.16. The summed E-state index contributed by atoms with van der Waals surface area (Å²) >= 11 is 1.59. The average molecular weight is 326 g/mol. The molecule has 0 fully saturated rings. The molecule has 2 aromatic heterocycles. The molecular formula is C17H18N4OS. The van der Waals surface area contributed by atoms with Gasteiger partial charge in [0.25, 0.3) is 5.91 Å². The Morgan fingerprint density at radius 3 is 2.43 bits per heavy atom. The fourth-order valence-electron chi connectivity index (χ4n) is 2.38. The van der Waals surface area contributed by atoms with Crippen molar-refractivity contribution in [2.75, 3.05) is 7.05 Å². The lowest BCUT2D eigenvalue weighted by atomic mass is 10.1. The van der Waals surface area contributed by atoms with Gasteiger partial charge in [0, 0.05) is 18.0 Å². The van der Waals surface area contributed by atoms with Crippen molar-refractivity contribution in [3.05, 3.63) is 51.2 Å². The minimum absolute atomic E-state index is 0.0439. The van der Waals surface area contributed by atoms with Gasteiger partial charge < -0.3 is 4.90 Å². The van der Waals surface area contributed by atoms with Crippen molar-refractivity contribution in [1.82, 2.24) is 19.9 Å². The van der Waals surface area contributed by atoms with Crippen LogP contribution in [-0.4, -0.2) is 32.8 Å². The molecule has 0 aliphatic carbocycles. The lowest BCUT2D eigenvalue weighted by molar-refractivity contribution is 0.0783. The first-order valence-electron chi connectivity index (χ1n) is 7.35. The Balaban J connectivity index is 1.86. The summed E-state index contributed by atoms with van der Waals surface area (Å²) in [6, 6.07) is 5.46. The van der Waals surface area contributed by atoms with Gasteiger partial charge in [0.15, 0.2) is 0 Å². The molecule has 0 atom stereocenters. The summed E-state index contributed by atoms with van der Waals surface area (Å²) in [5.41, 5.74) is 4.88. The summed E-state index contributed by atoms with van der Waals surface area (Å²) in [5, 5.41) is 2.99. The molecule has 0 aliphatic heterocycles. The molecule has 118 valence electrons. The number of rotatable bonds is 3. The van der Waals surface area contributed by atoms with E-state index in [0.717, 1.165) is 33.1 Å². The number of benzene rings is 1. The van der Waals surface area contributed by atoms with E-state index in [9.17, 15) is 4.79 Å². The Bertz CT molecular complexity index is 887. The molecule has 3 aromatic rings.